The summed E-state index contributed by atoms with van der Waals surface area (Å²) in [5, 5.41) is 3.65. The second kappa shape index (κ2) is 4.87. The summed E-state index contributed by atoms with van der Waals surface area (Å²) < 4.78 is 5.03. The lowest BCUT2D eigenvalue weighted by Crippen LogP contribution is -2.51. The van der Waals surface area contributed by atoms with Gasteiger partial charge in [0.05, 0.1) is 6.20 Å². The molecule has 1 fully saturated rings. The predicted molar refractivity (Wildman–Crippen MR) is 63.6 cm³/mol. The highest BCUT2D eigenvalue weighted by molar-refractivity contribution is 5.93. The molecule has 0 aliphatic carbocycles. The molecular formula is C12H19N3O2. The molecule has 1 saturated heterocycles. The van der Waals surface area contributed by atoms with Gasteiger partial charge in [0, 0.05) is 24.2 Å². The van der Waals surface area contributed by atoms with E-state index in [1.54, 1.807) is 6.20 Å². The fraction of sp³-hybridized carbons (Fsp3) is 0.667. The minimum absolute atomic E-state index is 0.0116. The van der Waals surface area contributed by atoms with Crippen LogP contribution in [0.15, 0.2) is 10.7 Å². The molecule has 2 unspecified atom stereocenters. The highest BCUT2D eigenvalue weighted by Gasteiger charge is 2.32. The number of rotatable bonds is 2. The lowest BCUT2D eigenvalue weighted by atomic mass is 9.96. The number of hydrogen-bond donors (Lipinski definition) is 1. The maximum atomic E-state index is 12.3. The minimum atomic E-state index is -0.0815. The van der Waals surface area contributed by atoms with Crippen LogP contribution < -0.4 is 5.73 Å². The molecule has 0 spiro atoms. The van der Waals surface area contributed by atoms with Crippen molar-refractivity contribution in [2.75, 3.05) is 6.54 Å². The van der Waals surface area contributed by atoms with Crippen LogP contribution in [-0.2, 0) is 0 Å². The lowest BCUT2D eigenvalue weighted by Gasteiger charge is -2.37. The van der Waals surface area contributed by atoms with E-state index in [0.29, 0.717) is 5.76 Å². The van der Waals surface area contributed by atoms with Crippen LogP contribution in [0.3, 0.4) is 0 Å². The first-order chi connectivity index (χ1) is 8.11. The van der Waals surface area contributed by atoms with Crippen LogP contribution in [0.1, 0.15) is 42.3 Å². The Morgan fingerprint density at radius 2 is 2.41 bits per heavy atom. The molecule has 0 aromatic carbocycles. The number of amides is 1. The lowest BCUT2D eigenvalue weighted by molar-refractivity contribution is 0.0541. The summed E-state index contributed by atoms with van der Waals surface area (Å²) in [7, 11) is 0. The van der Waals surface area contributed by atoms with Crippen LogP contribution in [0, 0.1) is 6.92 Å². The van der Waals surface area contributed by atoms with Gasteiger partial charge in [-0.05, 0) is 33.1 Å². The summed E-state index contributed by atoms with van der Waals surface area (Å²) in [4.78, 5) is 14.2. The Morgan fingerprint density at radius 3 is 3.00 bits per heavy atom. The van der Waals surface area contributed by atoms with Gasteiger partial charge >= 0.3 is 0 Å². The van der Waals surface area contributed by atoms with E-state index < -0.39 is 0 Å². The predicted octanol–water partition coefficient (Wildman–Crippen LogP) is 1.32. The second-order valence-corrected chi connectivity index (χ2v) is 4.76. The van der Waals surface area contributed by atoms with Crippen molar-refractivity contribution < 1.29 is 9.32 Å². The molecule has 1 aromatic rings. The van der Waals surface area contributed by atoms with Crippen molar-refractivity contribution in [3.63, 3.8) is 0 Å². The van der Waals surface area contributed by atoms with Gasteiger partial charge in [0.1, 0.15) is 0 Å². The van der Waals surface area contributed by atoms with Crippen molar-refractivity contribution in [3.05, 3.63) is 17.5 Å². The van der Waals surface area contributed by atoms with Crippen molar-refractivity contribution in [2.24, 2.45) is 5.73 Å². The molecule has 17 heavy (non-hydrogen) atoms. The molecule has 1 aliphatic rings. The molecule has 2 atom stereocenters. The monoisotopic (exact) mass is 237 g/mol. The number of carbonyl (C=O) groups excluding carboxylic acids is 1. The van der Waals surface area contributed by atoms with Crippen molar-refractivity contribution in [1.82, 2.24) is 10.1 Å². The van der Waals surface area contributed by atoms with Gasteiger partial charge in [0.2, 0.25) is 5.76 Å². The van der Waals surface area contributed by atoms with Crippen LogP contribution in [0.2, 0.25) is 0 Å². The SMILES string of the molecule is Cc1cnoc1C(=O)N1CCCCC1C(C)N. The minimum Gasteiger partial charge on any atom is -0.351 e. The molecule has 5 nitrogen and oxygen atoms in total. The van der Waals surface area contributed by atoms with E-state index in [1.165, 1.54) is 0 Å². The normalized spacial score (nSPS) is 22.5. The maximum absolute atomic E-state index is 12.3. The fourth-order valence-corrected chi connectivity index (χ4v) is 2.38. The highest BCUT2D eigenvalue weighted by atomic mass is 16.5. The number of carbonyl (C=O) groups is 1. The molecule has 0 radical (unpaired) electrons. The molecule has 5 heteroatoms. The van der Waals surface area contributed by atoms with Crippen molar-refractivity contribution >= 4 is 5.91 Å². The summed E-state index contributed by atoms with van der Waals surface area (Å²) in [6.07, 6.45) is 4.70. The summed E-state index contributed by atoms with van der Waals surface area (Å²) in [6.45, 7) is 4.53. The van der Waals surface area contributed by atoms with E-state index in [0.717, 1.165) is 31.4 Å². The molecular weight excluding hydrogens is 218 g/mol. The third-order valence-corrected chi connectivity index (χ3v) is 3.36. The zero-order chi connectivity index (χ0) is 12.4. The molecule has 1 amide bonds. The average molecular weight is 237 g/mol. The summed E-state index contributed by atoms with van der Waals surface area (Å²) >= 11 is 0. The average Bonchev–Trinajstić information content (AvgIpc) is 2.74. The van der Waals surface area contributed by atoms with Crippen molar-refractivity contribution in [1.29, 1.82) is 0 Å². The zero-order valence-corrected chi connectivity index (χ0v) is 10.3. The number of aromatic nitrogens is 1. The van der Waals surface area contributed by atoms with Crippen LogP contribution in [0.4, 0.5) is 0 Å². The van der Waals surface area contributed by atoms with E-state index >= 15 is 0 Å². The first kappa shape index (κ1) is 12.1. The number of nitrogens with zero attached hydrogens (tertiary/aromatic N) is 2. The van der Waals surface area contributed by atoms with E-state index in [2.05, 4.69) is 5.16 Å². The second-order valence-electron chi connectivity index (χ2n) is 4.76. The summed E-state index contributed by atoms with van der Waals surface area (Å²) in [6, 6.07) is 0.100. The first-order valence-electron chi connectivity index (χ1n) is 6.09. The maximum Gasteiger partial charge on any atom is 0.293 e. The fourth-order valence-electron chi connectivity index (χ4n) is 2.38. The van der Waals surface area contributed by atoms with Gasteiger partial charge in [-0.2, -0.15) is 0 Å². The third kappa shape index (κ3) is 2.34. The van der Waals surface area contributed by atoms with Crippen molar-refractivity contribution in [3.8, 4) is 0 Å². The largest absolute Gasteiger partial charge is 0.351 e. The van der Waals surface area contributed by atoms with Gasteiger partial charge in [-0.25, -0.2) is 0 Å². The molecule has 0 bridgehead atoms. The Labute approximate surface area is 101 Å². The Kier molecular flexibility index (Phi) is 3.47. The van der Waals surface area contributed by atoms with Gasteiger partial charge in [0.25, 0.3) is 5.91 Å². The van der Waals surface area contributed by atoms with E-state index in [1.807, 2.05) is 18.7 Å². The number of likely N-dealkylation sites (tertiary alicyclic amines) is 1. The molecule has 94 valence electrons. The van der Waals surface area contributed by atoms with Gasteiger partial charge in [-0.3, -0.25) is 4.79 Å². The number of piperidine rings is 1. The molecule has 0 saturated carbocycles. The van der Waals surface area contributed by atoms with Crippen LogP contribution in [-0.4, -0.2) is 34.6 Å². The first-order valence-corrected chi connectivity index (χ1v) is 6.09. The number of nitrogens with two attached hydrogens (primary N) is 1. The summed E-state index contributed by atoms with van der Waals surface area (Å²) in [5.74, 6) is 0.263. The summed E-state index contributed by atoms with van der Waals surface area (Å²) in [5.41, 5.74) is 6.73. The molecule has 2 N–H and O–H groups in total. The van der Waals surface area contributed by atoms with E-state index in [4.69, 9.17) is 10.3 Å². The molecule has 1 aromatic heterocycles. The quantitative estimate of drug-likeness (QED) is 0.842. The standard InChI is InChI=1S/C12H19N3O2/c1-8-7-14-17-11(8)12(16)15-6-4-3-5-10(15)9(2)13/h7,9-10H,3-6,13H2,1-2H3. The molecule has 2 heterocycles. The van der Waals surface area contributed by atoms with Gasteiger partial charge < -0.3 is 15.2 Å². The van der Waals surface area contributed by atoms with Gasteiger partial charge in [-0.1, -0.05) is 5.16 Å². The number of aryl methyl sites for hydroxylation is 1. The van der Waals surface area contributed by atoms with Crippen LogP contribution in [0.25, 0.3) is 0 Å². The Balaban J connectivity index is 2.20. The Morgan fingerprint density at radius 1 is 1.65 bits per heavy atom. The molecule has 2 rings (SSSR count). The van der Waals surface area contributed by atoms with Gasteiger partial charge in [-0.15, -0.1) is 0 Å². The highest BCUT2D eigenvalue weighted by Crippen LogP contribution is 2.22. The topological polar surface area (TPSA) is 72.4 Å². The number of hydrogen-bond acceptors (Lipinski definition) is 4. The Hall–Kier alpha value is -1.36. The van der Waals surface area contributed by atoms with Crippen LogP contribution in [0.5, 0.6) is 0 Å². The van der Waals surface area contributed by atoms with E-state index in [-0.39, 0.29) is 18.0 Å². The molecule has 1 aliphatic heterocycles. The zero-order valence-electron chi connectivity index (χ0n) is 10.3. The van der Waals surface area contributed by atoms with Crippen LogP contribution >= 0.6 is 0 Å². The Bertz CT molecular complexity index is 400. The smallest absolute Gasteiger partial charge is 0.293 e. The third-order valence-electron chi connectivity index (χ3n) is 3.36. The van der Waals surface area contributed by atoms with E-state index in [9.17, 15) is 4.79 Å². The van der Waals surface area contributed by atoms with Crippen molar-refractivity contribution in [2.45, 2.75) is 45.2 Å². The van der Waals surface area contributed by atoms with Gasteiger partial charge in [0.15, 0.2) is 0 Å².